The molecule has 0 radical (unpaired) electrons. The smallest absolute Gasteiger partial charge is 0.307 e. The van der Waals surface area contributed by atoms with E-state index >= 15 is 0 Å². The Morgan fingerprint density at radius 2 is 1.73 bits per heavy atom. The molecule has 5 nitrogen and oxygen atoms in total. The normalized spacial score (nSPS) is 15.8. The van der Waals surface area contributed by atoms with Crippen LogP contribution in [0.5, 0.6) is 5.75 Å². The van der Waals surface area contributed by atoms with Crippen molar-refractivity contribution in [3.05, 3.63) is 29.8 Å². The van der Waals surface area contributed by atoms with E-state index in [1.165, 1.54) is 25.7 Å². The maximum atomic E-state index is 11.9. The maximum Gasteiger partial charge on any atom is 0.307 e. The highest BCUT2D eigenvalue weighted by Crippen LogP contribution is 2.17. The number of hydrogen-bond donors (Lipinski definition) is 2. The number of carboxylic acid groups (broad SMARTS) is 1. The van der Waals surface area contributed by atoms with Crippen molar-refractivity contribution in [3.63, 3.8) is 0 Å². The Bertz CT molecular complexity index is 490. The van der Waals surface area contributed by atoms with E-state index in [4.69, 9.17) is 9.84 Å². The molecule has 0 atom stereocenters. The molecule has 0 aliphatic heterocycles. The molecular weight excluding hydrogens is 282 g/mol. The summed E-state index contributed by atoms with van der Waals surface area (Å²) in [4.78, 5) is 22.5. The number of aliphatic carboxylic acids is 1. The minimum Gasteiger partial charge on any atom is -0.484 e. The topological polar surface area (TPSA) is 75.6 Å². The van der Waals surface area contributed by atoms with Crippen molar-refractivity contribution in [1.82, 2.24) is 5.32 Å². The number of carbonyl (C=O) groups is 2. The molecule has 2 rings (SSSR count). The molecule has 5 heteroatoms. The van der Waals surface area contributed by atoms with Gasteiger partial charge in [-0.2, -0.15) is 0 Å². The van der Waals surface area contributed by atoms with Crippen LogP contribution in [0.15, 0.2) is 24.3 Å². The molecule has 0 spiro atoms. The van der Waals surface area contributed by atoms with Crippen LogP contribution < -0.4 is 10.1 Å². The molecule has 2 N–H and O–H groups in total. The molecule has 1 aromatic rings. The van der Waals surface area contributed by atoms with Gasteiger partial charge in [0.1, 0.15) is 5.75 Å². The summed E-state index contributed by atoms with van der Waals surface area (Å²) in [6.45, 7) is -0.00518. The molecule has 22 heavy (non-hydrogen) atoms. The van der Waals surface area contributed by atoms with E-state index in [0.717, 1.165) is 12.8 Å². The van der Waals surface area contributed by atoms with Crippen molar-refractivity contribution in [2.24, 2.45) is 0 Å². The van der Waals surface area contributed by atoms with Crippen molar-refractivity contribution in [2.75, 3.05) is 6.61 Å². The van der Waals surface area contributed by atoms with Gasteiger partial charge < -0.3 is 15.2 Å². The standard InChI is InChI=1S/C17H23NO4/c19-16(18-14-5-3-1-2-4-6-14)12-22-15-9-7-13(8-10-15)11-17(20)21/h7-10,14H,1-6,11-12H2,(H,18,19)(H,20,21). The Labute approximate surface area is 130 Å². The average molecular weight is 305 g/mol. The Morgan fingerprint density at radius 1 is 1.09 bits per heavy atom. The molecule has 1 aliphatic rings. The molecule has 0 saturated heterocycles. The Kier molecular flexibility index (Phi) is 6.25. The molecule has 1 saturated carbocycles. The van der Waals surface area contributed by atoms with E-state index in [2.05, 4.69) is 5.32 Å². The van der Waals surface area contributed by atoms with Gasteiger partial charge >= 0.3 is 5.97 Å². The van der Waals surface area contributed by atoms with Crippen molar-refractivity contribution in [3.8, 4) is 5.75 Å². The van der Waals surface area contributed by atoms with Gasteiger partial charge in [-0.3, -0.25) is 9.59 Å². The molecule has 1 aliphatic carbocycles. The van der Waals surface area contributed by atoms with Gasteiger partial charge in [0.2, 0.25) is 0 Å². The van der Waals surface area contributed by atoms with Crippen LogP contribution in [-0.4, -0.2) is 29.6 Å². The van der Waals surface area contributed by atoms with Gasteiger partial charge in [-0.05, 0) is 30.5 Å². The first-order valence-corrected chi connectivity index (χ1v) is 7.86. The predicted octanol–water partition coefficient (Wildman–Crippen LogP) is 2.53. The highest BCUT2D eigenvalue weighted by atomic mass is 16.5. The average Bonchev–Trinajstić information content (AvgIpc) is 2.74. The van der Waals surface area contributed by atoms with Gasteiger partial charge in [0.05, 0.1) is 6.42 Å². The summed E-state index contributed by atoms with van der Waals surface area (Å²) < 4.78 is 5.44. The van der Waals surface area contributed by atoms with Crippen LogP contribution in [0, 0.1) is 0 Å². The fourth-order valence-electron chi connectivity index (χ4n) is 2.72. The highest BCUT2D eigenvalue weighted by Gasteiger charge is 2.14. The van der Waals surface area contributed by atoms with E-state index in [-0.39, 0.29) is 25.0 Å². The molecule has 1 aromatic carbocycles. The SMILES string of the molecule is O=C(O)Cc1ccc(OCC(=O)NC2CCCCCC2)cc1. The summed E-state index contributed by atoms with van der Waals surface area (Å²) in [5.74, 6) is -0.386. The summed E-state index contributed by atoms with van der Waals surface area (Å²) >= 11 is 0. The van der Waals surface area contributed by atoms with Gasteiger partial charge in [-0.1, -0.05) is 37.8 Å². The van der Waals surface area contributed by atoms with E-state index in [1.54, 1.807) is 24.3 Å². The molecule has 1 amide bonds. The van der Waals surface area contributed by atoms with Gasteiger partial charge in [0, 0.05) is 6.04 Å². The molecule has 1 fully saturated rings. The zero-order valence-corrected chi connectivity index (χ0v) is 12.7. The summed E-state index contributed by atoms with van der Waals surface area (Å²) in [6, 6.07) is 7.06. The first kappa shape index (κ1) is 16.3. The third-order valence-electron chi connectivity index (χ3n) is 3.87. The van der Waals surface area contributed by atoms with Gasteiger partial charge in [-0.15, -0.1) is 0 Å². The van der Waals surface area contributed by atoms with Gasteiger partial charge in [0.15, 0.2) is 6.61 Å². The van der Waals surface area contributed by atoms with Crippen LogP contribution in [0.25, 0.3) is 0 Å². The van der Waals surface area contributed by atoms with Crippen LogP contribution in [-0.2, 0) is 16.0 Å². The number of carbonyl (C=O) groups excluding carboxylic acids is 1. The lowest BCUT2D eigenvalue weighted by Gasteiger charge is -2.16. The molecule has 120 valence electrons. The van der Waals surface area contributed by atoms with E-state index in [9.17, 15) is 9.59 Å². The predicted molar refractivity (Wildman–Crippen MR) is 82.9 cm³/mol. The van der Waals surface area contributed by atoms with E-state index in [1.807, 2.05) is 0 Å². The van der Waals surface area contributed by atoms with Crippen LogP contribution >= 0.6 is 0 Å². The van der Waals surface area contributed by atoms with Crippen molar-refractivity contribution in [2.45, 2.75) is 51.0 Å². The number of amides is 1. The second kappa shape index (κ2) is 8.41. The summed E-state index contributed by atoms with van der Waals surface area (Å²) in [5, 5.41) is 11.7. The highest BCUT2D eigenvalue weighted by molar-refractivity contribution is 5.77. The summed E-state index contributed by atoms with van der Waals surface area (Å²) in [7, 11) is 0. The van der Waals surface area contributed by atoms with Crippen molar-refractivity contribution < 1.29 is 19.4 Å². The van der Waals surface area contributed by atoms with Crippen molar-refractivity contribution in [1.29, 1.82) is 0 Å². The third kappa shape index (κ3) is 5.76. The quantitative estimate of drug-likeness (QED) is 0.792. The van der Waals surface area contributed by atoms with Gasteiger partial charge in [0.25, 0.3) is 5.91 Å². The lowest BCUT2D eigenvalue weighted by molar-refractivity contribution is -0.136. The minimum absolute atomic E-state index is 0.00518. The lowest BCUT2D eigenvalue weighted by Crippen LogP contribution is -2.37. The molecule has 0 unspecified atom stereocenters. The Balaban J connectivity index is 1.74. The Morgan fingerprint density at radius 3 is 2.32 bits per heavy atom. The third-order valence-corrected chi connectivity index (χ3v) is 3.87. The fraction of sp³-hybridized carbons (Fsp3) is 0.529. The largest absolute Gasteiger partial charge is 0.484 e. The number of benzene rings is 1. The second-order valence-electron chi connectivity index (χ2n) is 5.76. The zero-order valence-electron chi connectivity index (χ0n) is 12.7. The van der Waals surface area contributed by atoms with Crippen LogP contribution in [0.3, 0.4) is 0 Å². The maximum absolute atomic E-state index is 11.9. The number of nitrogens with one attached hydrogen (secondary N) is 1. The lowest BCUT2D eigenvalue weighted by atomic mass is 10.1. The van der Waals surface area contributed by atoms with Gasteiger partial charge in [-0.25, -0.2) is 0 Å². The molecule has 0 aromatic heterocycles. The first-order valence-electron chi connectivity index (χ1n) is 7.86. The molecule has 0 heterocycles. The summed E-state index contributed by atoms with van der Waals surface area (Å²) in [5.41, 5.74) is 0.711. The summed E-state index contributed by atoms with van der Waals surface area (Å²) in [6.07, 6.45) is 6.96. The first-order chi connectivity index (χ1) is 10.6. The number of carboxylic acids is 1. The van der Waals surface area contributed by atoms with E-state index < -0.39 is 5.97 Å². The number of hydrogen-bond acceptors (Lipinski definition) is 3. The second-order valence-corrected chi connectivity index (χ2v) is 5.76. The minimum atomic E-state index is -0.864. The number of ether oxygens (including phenoxy) is 1. The zero-order chi connectivity index (χ0) is 15.8. The van der Waals surface area contributed by atoms with Crippen LogP contribution in [0.1, 0.15) is 44.1 Å². The molecular formula is C17H23NO4. The van der Waals surface area contributed by atoms with E-state index in [0.29, 0.717) is 11.3 Å². The Hall–Kier alpha value is -2.04. The fourth-order valence-corrected chi connectivity index (χ4v) is 2.72. The van der Waals surface area contributed by atoms with Crippen molar-refractivity contribution >= 4 is 11.9 Å². The number of rotatable bonds is 6. The van der Waals surface area contributed by atoms with Crippen LogP contribution in [0.4, 0.5) is 0 Å². The monoisotopic (exact) mass is 305 g/mol. The molecule has 0 bridgehead atoms. The van der Waals surface area contributed by atoms with Crippen LogP contribution in [0.2, 0.25) is 0 Å².